The number of benzene rings is 1. The van der Waals surface area contributed by atoms with Gasteiger partial charge in [-0.2, -0.15) is 0 Å². The molecule has 0 aromatic heterocycles. The molecular formula is C23H36N2O. The Bertz CT molecular complexity index is 623. The number of piperidine rings is 1. The van der Waals surface area contributed by atoms with Crippen LogP contribution in [0.4, 0.5) is 0 Å². The molecule has 2 aliphatic rings. The Morgan fingerprint density at radius 1 is 1.23 bits per heavy atom. The maximum Gasteiger partial charge on any atom is 0.220 e. The van der Waals surface area contributed by atoms with Gasteiger partial charge in [-0.3, -0.25) is 4.79 Å². The van der Waals surface area contributed by atoms with Crippen LogP contribution in [0, 0.1) is 5.41 Å². The van der Waals surface area contributed by atoms with Crippen molar-refractivity contribution in [1.29, 1.82) is 0 Å². The average Bonchev–Trinajstić information content (AvgIpc) is 2.88. The number of likely N-dealkylation sites (tertiary alicyclic amines) is 1. The molecule has 0 saturated carbocycles. The van der Waals surface area contributed by atoms with E-state index in [4.69, 9.17) is 0 Å². The largest absolute Gasteiger partial charge is 0.349 e. The number of nitrogens with zero attached hydrogens (tertiary/aromatic N) is 1. The molecule has 0 unspecified atom stereocenters. The van der Waals surface area contributed by atoms with Gasteiger partial charge in [0.15, 0.2) is 0 Å². The zero-order valence-electron chi connectivity index (χ0n) is 17.1. The van der Waals surface area contributed by atoms with Crippen LogP contribution < -0.4 is 5.32 Å². The van der Waals surface area contributed by atoms with E-state index in [1.54, 1.807) is 0 Å². The molecule has 1 saturated heterocycles. The van der Waals surface area contributed by atoms with E-state index < -0.39 is 0 Å². The Morgan fingerprint density at radius 2 is 1.92 bits per heavy atom. The minimum Gasteiger partial charge on any atom is -0.349 e. The molecule has 144 valence electrons. The third-order valence-corrected chi connectivity index (χ3v) is 6.31. The molecule has 1 amide bonds. The summed E-state index contributed by atoms with van der Waals surface area (Å²) in [5.41, 5.74) is 3.53. The Kier molecular flexibility index (Phi) is 5.76. The molecule has 1 atom stereocenters. The Hall–Kier alpha value is -1.35. The summed E-state index contributed by atoms with van der Waals surface area (Å²) in [6, 6.07) is 9.03. The van der Waals surface area contributed by atoms with Crippen LogP contribution in [-0.4, -0.2) is 30.4 Å². The molecule has 1 fully saturated rings. The van der Waals surface area contributed by atoms with Crippen molar-refractivity contribution >= 4 is 5.91 Å². The second-order valence-corrected chi connectivity index (χ2v) is 9.59. The summed E-state index contributed by atoms with van der Waals surface area (Å²) in [5.74, 6) is 0.201. The first-order valence-electron chi connectivity index (χ1n) is 10.4. The molecule has 3 rings (SSSR count). The first kappa shape index (κ1) is 19.4. The van der Waals surface area contributed by atoms with Gasteiger partial charge in [0.1, 0.15) is 0 Å². The maximum atomic E-state index is 12.2. The third kappa shape index (κ3) is 4.31. The molecule has 0 radical (unpaired) electrons. The van der Waals surface area contributed by atoms with Crippen LogP contribution in [0.3, 0.4) is 0 Å². The van der Waals surface area contributed by atoms with Crippen LogP contribution in [0.1, 0.15) is 83.4 Å². The Labute approximate surface area is 159 Å². The highest BCUT2D eigenvalue weighted by molar-refractivity contribution is 5.76. The minimum absolute atomic E-state index is 0.200. The smallest absolute Gasteiger partial charge is 0.220 e. The molecule has 1 aromatic rings. The van der Waals surface area contributed by atoms with Gasteiger partial charge in [0.25, 0.3) is 0 Å². The fraction of sp³-hybridized carbons (Fsp3) is 0.696. The fourth-order valence-corrected chi connectivity index (χ4v) is 4.69. The van der Waals surface area contributed by atoms with Crippen molar-refractivity contribution in [3.8, 4) is 0 Å². The second-order valence-electron chi connectivity index (χ2n) is 9.59. The van der Waals surface area contributed by atoms with Gasteiger partial charge in [0.2, 0.25) is 5.91 Å². The maximum absolute atomic E-state index is 12.2. The van der Waals surface area contributed by atoms with Crippen LogP contribution in [-0.2, 0) is 10.2 Å². The van der Waals surface area contributed by atoms with Crippen molar-refractivity contribution in [3.05, 3.63) is 35.4 Å². The molecule has 1 heterocycles. The van der Waals surface area contributed by atoms with Crippen molar-refractivity contribution in [2.45, 2.75) is 77.7 Å². The zero-order chi connectivity index (χ0) is 18.8. The lowest BCUT2D eigenvalue weighted by Gasteiger charge is -2.41. The predicted molar refractivity (Wildman–Crippen MR) is 108 cm³/mol. The lowest BCUT2D eigenvalue weighted by atomic mass is 9.73. The number of hydrogen-bond acceptors (Lipinski definition) is 2. The van der Waals surface area contributed by atoms with E-state index in [9.17, 15) is 4.79 Å². The van der Waals surface area contributed by atoms with E-state index in [1.165, 1.54) is 50.0 Å². The first-order valence-corrected chi connectivity index (χ1v) is 10.4. The van der Waals surface area contributed by atoms with Crippen LogP contribution >= 0.6 is 0 Å². The predicted octanol–water partition coefficient (Wildman–Crippen LogP) is 4.82. The highest BCUT2D eigenvalue weighted by Gasteiger charge is 2.45. The van der Waals surface area contributed by atoms with Gasteiger partial charge in [0.05, 0.1) is 6.04 Å². The van der Waals surface area contributed by atoms with E-state index in [1.807, 2.05) is 0 Å². The number of fused-ring (bicyclic) bond motifs is 2. The van der Waals surface area contributed by atoms with Gasteiger partial charge in [-0.25, -0.2) is 0 Å². The summed E-state index contributed by atoms with van der Waals surface area (Å²) < 4.78 is 0. The quantitative estimate of drug-likeness (QED) is 0.820. The molecule has 3 heteroatoms. The molecule has 1 N–H and O–H groups in total. The SMILES string of the molecule is CCCC(=O)N[C@H]1CC2(CCN(CCC(C)(C)C)CC2)c2ccccc21. The van der Waals surface area contributed by atoms with Gasteiger partial charge >= 0.3 is 0 Å². The van der Waals surface area contributed by atoms with E-state index in [2.05, 4.69) is 62.2 Å². The average molecular weight is 357 g/mol. The van der Waals surface area contributed by atoms with Crippen molar-refractivity contribution in [3.63, 3.8) is 0 Å². The molecule has 0 bridgehead atoms. The third-order valence-electron chi connectivity index (χ3n) is 6.31. The van der Waals surface area contributed by atoms with Crippen LogP contribution in [0.25, 0.3) is 0 Å². The van der Waals surface area contributed by atoms with Crippen molar-refractivity contribution in [2.24, 2.45) is 5.41 Å². The summed E-state index contributed by atoms with van der Waals surface area (Å²) >= 11 is 0. The summed E-state index contributed by atoms with van der Waals surface area (Å²) in [6.07, 6.45) is 6.31. The number of hydrogen-bond donors (Lipinski definition) is 1. The number of nitrogens with one attached hydrogen (secondary N) is 1. The van der Waals surface area contributed by atoms with Gasteiger partial charge in [0, 0.05) is 11.8 Å². The summed E-state index contributed by atoms with van der Waals surface area (Å²) in [5, 5.41) is 3.31. The van der Waals surface area contributed by atoms with E-state index >= 15 is 0 Å². The number of amides is 1. The van der Waals surface area contributed by atoms with Crippen LogP contribution in [0.2, 0.25) is 0 Å². The highest BCUT2D eigenvalue weighted by atomic mass is 16.1. The van der Waals surface area contributed by atoms with Crippen LogP contribution in [0.5, 0.6) is 0 Å². The van der Waals surface area contributed by atoms with Crippen molar-refractivity contribution < 1.29 is 4.79 Å². The molecular weight excluding hydrogens is 320 g/mol. The normalized spacial score (nSPS) is 22.4. The summed E-state index contributed by atoms with van der Waals surface area (Å²) in [7, 11) is 0. The lowest BCUT2D eigenvalue weighted by Crippen LogP contribution is -2.43. The molecule has 26 heavy (non-hydrogen) atoms. The number of carbonyl (C=O) groups is 1. The van der Waals surface area contributed by atoms with Crippen molar-refractivity contribution in [2.75, 3.05) is 19.6 Å². The van der Waals surface area contributed by atoms with E-state index in [0.29, 0.717) is 11.8 Å². The topological polar surface area (TPSA) is 32.3 Å². The molecule has 1 aromatic carbocycles. The van der Waals surface area contributed by atoms with Gasteiger partial charge in [-0.1, -0.05) is 52.0 Å². The fourth-order valence-electron chi connectivity index (χ4n) is 4.69. The monoisotopic (exact) mass is 356 g/mol. The Morgan fingerprint density at radius 3 is 2.58 bits per heavy atom. The molecule has 1 aliphatic heterocycles. The highest BCUT2D eigenvalue weighted by Crippen LogP contribution is 2.50. The second kappa shape index (κ2) is 7.72. The van der Waals surface area contributed by atoms with Crippen molar-refractivity contribution in [1.82, 2.24) is 10.2 Å². The zero-order valence-corrected chi connectivity index (χ0v) is 17.1. The standard InChI is InChI=1S/C23H36N2O/c1-5-8-21(26)24-20-17-23(19-10-7-6-9-18(19)20)12-15-25(16-13-23)14-11-22(2,3)4/h6-7,9-10,20H,5,8,11-17H2,1-4H3,(H,24,26)/t20-/m0/s1. The number of carbonyl (C=O) groups excluding carboxylic acids is 1. The molecule has 3 nitrogen and oxygen atoms in total. The van der Waals surface area contributed by atoms with E-state index in [-0.39, 0.29) is 17.4 Å². The van der Waals surface area contributed by atoms with Crippen LogP contribution in [0.15, 0.2) is 24.3 Å². The summed E-state index contributed by atoms with van der Waals surface area (Å²) in [6.45, 7) is 12.6. The molecule has 1 aliphatic carbocycles. The number of rotatable bonds is 5. The molecule has 1 spiro atoms. The van der Waals surface area contributed by atoms with Gasteiger partial charge in [-0.05, 0) is 68.3 Å². The minimum atomic E-state index is 0.200. The first-order chi connectivity index (χ1) is 12.3. The summed E-state index contributed by atoms with van der Waals surface area (Å²) in [4.78, 5) is 14.8. The Balaban J connectivity index is 1.68. The lowest BCUT2D eigenvalue weighted by molar-refractivity contribution is -0.121. The van der Waals surface area contributed by atoms with E-state index in [0.717, 1.165) is 12.8 Å². The van der Waals surface area contributed by atoms with Gasteiger partial charge < -0.3 is 10.2 Å². The van der Waals surface area contributed by atoms with Gasteiger partial charge in [-0.15, -0.1) is 0 Å².